The molecule has 106 valence electrons. The van der Waals surface area contributed by atoms with E-state index in [2.05, 4.69) is 29.6 Å². The highest BCUT2D eigenvalue weighted by atomic mass is 16.5. The number of hydrogen-bond acceptors (Lipinski definition) is 2. The lowest BCUT2D eigenvalue weighted by Crippen LogP contribution is -2.55. The molecule has 0 radical (unpaired) electrons. The molecule has 2 heteroatoms. The van der Waals surface area contributed by atoms with Gasteiger partial charge in [0.05, 0.1) is 6.04 Å². The van der Waals surface area contributed by atoms with Crippen molar-refractivity contribution in [3.05, 3.63) is 29.8 Å². The van der Waals surface area contributed by atoms with Crippen LogP contribution in [0.3, 0.4) is 0 Å². The normalized spacial score (nSPS) is 44.4. The number of para-hydroxylation sites is 1. The first kappa shape index (κ1) is 11.6. The Balaban J connectivity index is 1.38. The van der Waals surface area contributed by atoms with E-state index < -0.39 is 0 Å². The lowest BCUT2D eigenvalue weighted by atomic mass is 9.54. The summed E-state index contributed by atoms with van der Waals surface area (Å²) in [5.74, 6) is 5.09. The highest BCUT2D eigenvalue weighted by Crippen LogP contribution is 2.54. The fourth-order valence-electron chi connectivity index (χ4n) is 5.73. The highest BCUT2D eigenvalue weighted by Gasteiger charge is 2.48. The predicted molar refractivity (Wildman–Crippen MR) is 78.6 cm³/mol. The Labute approximate surface area is 120 Å². The van der Waals surface area contributed by atoms with Crippen molar-refractivity contribution in [1.82, 2.24) is 5.32 Å². The van der Waals surface area contributed by atoms with Crippen LogP contribution < -0.4 is 10.1 Å². The molecule has 0 spiro atoms. The SMILES string of the molecule is c1ccc2c(c1)OCC2NC1C2CC3CC(C2)CC1C3. The minimum atomic E-state index is 0.425. The fourth-order valence-corrected chi connectivity index (χ4v) is 5.73. The summed E-state index contributed by atoms with van der Waals surface area (Å²) < 4.78 is 5.84. The third-order valence-electron chi connectivity index (χ3n) is 6.32. The summed E-state index contributed by atoms with van der Waals surface area (Å²) in [7, 11) is 0. The van der Waals surface area contributed by atoms with Crippen molar-refractivity contribution in [2.75, 3.05) is 6.61 Å². The molecule has 1 heterocycles. The first-order valence-corrected chi connectivity index (χ1v) is 8.34. The summed E-state index contributed by atoms with van der Waals surface area (Å²) in [6, 6.07) is 9.73. The second-order valence-corrected chi connectivity index (χ2v) is 7.52. The van der Waals surface area contributed by atoms with Crippen LogP contribution in [0.15, 0.2) is 24.3 Å². The smallest absolute Gasteiger partial charge is 0.124 e. The van der Waals surface area contributed by atoms with Gasteiger partial charge >= 0.3 is 0 Å². The Morgan fingerprint density at radius 2 is 1.60 bits per heavy atom. The Kier molecular flexibility index (Phi) is 2.46. The maximum atomic E-state index is 5.84. The van der Waals surface area contributed by atoms with Gasteiger partial charge in [-0.3, -0.25) is 0 Å². The number of rotatable bonds is 2. The van der Waals surface area contributed by atoms with Crippen molar-refractivity contribution >= 4 is 0 Å². The minimum Gasteiger partial charge on any atom is -0.491 e. The lowest BCUT2D eigenvalue weighted by Gasteiger charge is -2.55. The molecule has 2 nitrogen and oxygen atoms in total. The second-order valence-electron chi connectivity index (χ2n) is 7.52. The van der Waals surface area contributed by atoms with Crippen molar-refractivity contribution < 1.29 is 4.74 Å². The first-order valence-electron chi connectivity index (χ1n) is 8.34. The van der Waals surface area contributed by atoms with E-state index >= 15 is 0 Å². The minimum absolute atomic E-state index is 0.425. The fraction of sp³-hybridized carbons (Fsp3) is 0.667. The van der Waals surface area contributed by atoms with Gasteiger partial charge in [0, 0.05) is 11.6 Å². The van der Waals surface area contributed by atoms with Gasteiger partial charge in [-0.15, -0.1) is 0 Å². The Morgan fingerprint density at radius 3 is 2.35 bits per heavy atom. The molecule has 6 rings (SSSR count). The van der Waals surface area contributed by atoms with E-state index in [1.807, 2.05) is 0 Å². The van der Waals surface area contributed by atoms with Crippen molar-refractivity contribution in [1.29, 1.82) is 0 Å². The van der Waals surface area contributed by atoms with Gasteiger partial charge in [0.1, 0.15) is 12.4 Å². The van der Waals surface area contributed by atoms with Crippen LogP contribution in [0.4, 0.5) is 0 Å². The molecular weight excluding hydrogens is 246 g/mol. The monoisotopic (exact) mass is 269 g/mol. The second kappa shape index (κ2) is 4.24. The number of fused-ring (bicyclic) bond motifs is 1. The molecule has 4 saturated carbocycles. The van der Waals surface area contributed by atoms with Gasteiger partial charge in [0.25, 0.3) is 0 Å². The van der Waals surface area contributed by atoms with Gasteiger partial charge in [-0.2, -0.15) is 0 Å². The Morgan fingerprint density at radius 1 is 0.900 bits per heavy atom. The summed E-state index contributed by atoms with van der Waals surface area (Å²) in [4.78, 5) is 0. The molecule has 4 bridgehead atoms. The maximum absolute atomic E-state index is 5.84. The largest absolute Gasteiger partial charge is 0.491 e. The van der Waals surface area contributed by atoms with E-state index in [4.69, 9.17) is 4.74 Å². The number of ether oxygens (including phenoxy) is 1. The van der Waals surface area contributed by atoms with Crippen LogP contribution in [0.1, 0.15) is 43.7 Å². The Bertz CT molecular complexity index is 498. The molecule has 0 amide bonds. The van der Waals surface area contributed by atoms with Crippen molar-refractivity contribution in [2.24, 2.45) is 23.7 Å². The standard InChI is InChI=1S/C18H23NO/c1-2-4-17-15(3-1)16(10-20-17)19-18-13-6-11-5-12(8-13)9-14(18)7-11/h1-4,11-14,16,18-19H,5-10H2. The number of hydrogen-bond donors (Lipinski definition) is 1. The van der Waals surface area contributed by atoms with Crippen LogP contribution in [0.25, 0.3) is 0 Å². The van der Waals surface area contributed by atoms with E-state index in [1.165, 1.54) is 37.7 Å². The predicted octanol–water partition coefficient (Wildman–Crippen LogP) is 3.53. The van der Waals surface area contributed by atoms with Crippen LogP contribution in [-0.4, -0.2) is 12.6 Å². The van der Waals surface area contributed by atoms with Gasteiger partial charge in [0.15, 0.2) is 0 Å². The molecule has 1 aromatic rings. The van der Waals surface area contributed by atoms with Gasteiger partial charge in [-0.05, 0) is 61.8 Å². The van der Waals surface area contributed by atoms with Crippen LogP contribution in [0, 0.1) is 23.7 Å². The molecule has 4 fully saturated rings. The van der Waals surface area contributed by atoms with Crippen molar-refractivity contribution in [3.63, 3.8) is 0 Å². The van der Waals surface area contributed by atoms with Crippen molar-refractivity contribution in [3.8, 4) is 5.75 Å². The topological polar surface area (TPSA) is 21.3 Å². The van der Waals surface area contributed by atoms with E-state index in [9.17, 15) is 0 Å². The van der Waals surface area contributed by atoms with E-state index in [0.717, 1.165) is 42.1 Å². The van der Waals surface area contributed by atoms with E-state index in [1.54, 1.807) is 0 Å². The number of nitrogens with one attached hydrogen (secondary N) is 1. The molecule has 5 aliphatic rings. The third kappa shape index (κ3) is 1.67. The molecule has 0 saturated heterocycles. The molecular formula is C18H23NO. The quantitative estimate of drug-likeness (QED) is 0.886. The van der Waals surface area contributed by atoms with Crippen LogP contribution in [0.2, 0.25) is 0 Å². The summed E-state index contributed by atoms with van der Waals surface area (Å²) in [5.41, 5.74) is 1.38. The summed E-state index contributed by atoms with van der Waals surface area (Å²) >= 11 is 0. The Hall–Kier alpha value is -1.02. The van der Waals surface area contributed by atoms with Crippen LogP contribution in [-0.2, 0) is 0 Å². The molecule has 1 unspecified atom stereocenters. The first-order chi connectivity index (χ1) is 9.87. The van der Waals surface area contributed by atoms with Gasteiger partial charge in [0.2, 0.25) is 0 Å². The molecule has 4 aliphatic carbocycles. The van der Waals surface area contributed by atoms with Gasteiger partial charge < -0.3 is 10.1 Å². The molecule has 1 aromatic carbocycles. The zero-order chi connectivity index (χ0) is 13.1. The van der Waals surface area contributed by atoms with E-state index in [-0.39, 0.29) is 0 Å². The average Bonchev–Trinajstić information content (AvgIpc) is 2.85. The maximum Gasteiger partial charge on any atom is 0.124 e. The van der Waals surface area contributed by atoms with Crippen LogP contribution in [0.5, 0.6) is 5.75 Å². The molecule has 20 heavy (non-hydrogen) atoms. The van der Waals surface area contributed by atoms with Crippen LogP contribution >= 0.6 is 0 Å². The average molecular weight is 269 g/mol. The van der Waals surface area contributed by atoms with Gasteiger partial charge in [-0.1, -0.05) is 18.2 Å². The zero-order valence-electron chi connectivity index (χ0n) is 11.9. The lowest BCUT2D eigenvalue weighted by molar-refractivity contribution is -0.0185. The molecule has 1 N–H and O–H groups in total. The third-order valence-corrected chi connectivity index (χ3v) is 6.32. The summed E-state index contributed by atoms with van der Waals surface area (Å²) in [5, 5.41) is 3.99. The highest BCUT2D eigenvalue weighted by molar-refractivity contribution is 5.39. The van der Waals surface area contributed by atoms with Gasteiger partial charge in [-0.25, -0.2) is 0 Å². The molecule has 1 atom stereocenters. The van der Waals surface area contributed by atoms with E-state index in [0.29, 0.717) is 6.04 Å². The zero-order valence-corrected chi connectivity index (χ0v) is 11.9. The molecule has 0 aromatic heterocycles. The molecule has 1 aliphatic heterocycles. The number of benzene rings is 1. The van der Waals surface area contributed by atoms with Crippen molar-refractivity contribution in [2.45, 2.75) is 44.2 Å². The summed E-state index contributed by atoms with van der Waals surface area (Å²) in [6.45, 7) is 0.822. The summed E-state index contributed by atoms with van der Waals surface area (Å²) in [6.07, 6.45) is 7.48.